The van der Waals surface area contributed by atoms with Gasteiger partial charge in [-0.3, -0.25) is 0 Å². The van der Waals surface area contributed by atoms with Crippen molar-refractivity contribution in [1.82, 2.24) is 0 Å². The Kier molecular flexibility index (Phi) is 4.21. The molecule has 1 aliphatic rings. The quantitative estimate of drug-likeness (QED) is 0.653. The van der Waals surface area contributed by atoms with Gasteiger partial charge < -0.3 is 15.8 Å². The monoisotopic (exact) mass is 276 g/mol. The Morgan fingerprint density at radius 3 is 2.85 bits per heavy atom. The first-order chi connectivity index (χ1) is 9.45. The second kappa shape index (κ2) is 5.73. The number of para-hydroxylation sites is 1. The molecule has 0 spiro atoms. The summed E-state index contributed by atoms with van der Waals surface area (Å²) in [5.74, 6) is -0.362. The van der Waals surface area contributed by atoms with Crippen LogP contribution in [0, 0.1) is 5.41 Å². The third-order valence-electron chi connectivity index (χ3n) is 4.19. The number of carbonyl (C=O) groups is 1. The third-order valence-corrected chi connectivity index (χ3v) is 4.19. The van der Waals surface area contributed by atoms with Crippen LogP contribution in [0.15, 0.2) is 18.2 Å². The fraction of sp³-hybridized carbons (Fsp3) is 0.562. The molecule has 0 amide bonds. The van der Waals surface area contributed by atoms with Gasteiger partial charge in [0.05, 0.1) is 23.5 Å². The van der Waals surface area contributed by atoms with Crippen LogP contribution >= 0.6 is 0 Å². The van der Waals surface area contributed by atoms with Gasteiger partial charge in [0, 0.05) is 6.04 Å². The van der Waals surface area contributed by atoms with Gasteiger partial charge in [-0.1, -0.05) is 26.3 Å². The SMILES string of the molecule is CCOC(=O)c1cccc(NC2CCCC2(C)C)c1N. The number of carbonyl (C=O) groups excluding carboxylic acids is 1. The minimum Gasteiger partial charge on any atom is -0.462 e. The van der Waals surface area contributed by atoms with E-state index in [1.54, 1.807) is 13.0 Å². The molecule has 0 saturated heterocycles. The van der Waals surface area contributed by atoms with E-state index in [0.717, 1.165) is 12.1 Å². The smallest absolute Gasteiger partial charge is 0.340 e. The number of benzene rings is 1. The van der Waals surface area contributed by atoms with Crippen molar-refractivity contribution in [2.24, 2.45) is 5.41 Å². The Hall–Kier alpha value is -1.71. The van der Waals surface area contributed by atoms with Crippen LogP contribution in [0.4, 0.5) is 11.4 Å². The van der Waals surface area contributed by atoms with Gasteiger partial charge >= 0.3 is 5.97 Å². The molecule has 4 heteroatoms. The summed E-state index contributed by atoms with van der Waals surface area (Å²) in [4.78, 5) is 11.9. The van der Waals surface area contributed by atoms with Crippen molar-refractivity contribution in [1.29, 1.82) is 0 Å². The summed E-state index contributed by atoms with van der Waals surface area (Å²) < 4.78 is 5.03. The largest absolute Gasteiger partial charge is 0.462 e. The number of hydrogen-bond donors (Lipinski definition) is 2. The highest BCUT2D eigenvalue weighted by Gasteiger charge is 2.34. The van der Waals surface area contributed by atoms with Crippen molar-refractivity contribution in [3.8, 4) is 0 Å². The van der Waals surface area contributed by atoms with Gasteiger partial charge in [0.1, 0.15) is 0 Å². The van der Waals surface area contributed by atoms with Crippen LogP contribution in [0.3, 0.4) is 0 Å². The number of esters is 1. The Morgan fingerprint density at radius 1 is 1.50 bits per heavy atom. The second-order valence-electron chi connectivity index (χ2n) is 6.07. The molecule has 0 aromatic heterocycles. The van der Waals surface area contributed by atoms with Crippen molar-refractivity contribution in [2.45, 2.75) is 46.1 Å². The highest BCUT2D eigenvalue weighted by atomic mass is 16.5. The van der Waals surface area contributed by atoms with E-state index in [2.05, 4.69) is 19.2 Å². The average molecular weight is 276 g/mol. The zero-order chi connectivity index (χ0) is 14.8. The number of nitrogen functional groups attached to an aromatic ring is 1. The molecule has 4 nitrogen and oxygen atoms in total. The second-order valence-corrected chi connectivity index (χ2v) is 6.07. The molecule has 2 rings (SSSR count). The van der Waals surface area contributed by atoms with Crippen LogP contribution in [-0.2, 0) is 4.74 Å². The molecule has 1 aliphatic carbocycles. The van der Waals surface area contributed by atoms with Crippen LogP contribution in [0.25, 0.3) is 0 Å². The summed E-state index contributed by atoms with van der Waals surface area (Å²) in [5.41, 5.74) is 8.12. The van der Waals surface area contributed by atoms with Gasteiger partial charge in [-0.2, -0.15) is 0 Å². The average Bonchev–Trinajstić information content (AvgIpc) is 2.71. The van der Waals surface area contributed by atoms with E-state index in [1.807, 2.05) is 12.1 Å². The van der Waals surface area contributed by atoms with Gasteiger partial charge in [0.25, 0.3) is 0 Å². The lowest BCUT2D eigenvalue weighted by Gasteiger charge is -2.29. The molecular formula is C16H24N2O2. The number of nitrogens with two attached hydrogens (primary N) is 1. The summed E-state index contributed by atoms with van der Waals surface area (Å²) in [6, 6.07) is 5.86. The minimum atomic E-state index is -0.362. The first-order valence-electron chi connectivity index (χ1n) is 7.28. The summed E-state index contributed by atoms with van der Waals surface area (Å²) in [6.45, 7) is 6.68. The highest BCUT2D eigenvalue weighted by Crippen LogP contribution is 2.40. The lowest BCUT2D eigenvalue weighted by molar-refractivity contribution is 0.0527. The van der Waals surface area contributed by atoms with Gasteiger partial charge in [0.15, 0.2) is 0 Å². The number of ether oxygens (including phenoxy) is 1. The Morgan fingerprint density at radius 2 is 2.25 bits per heavy atom. The maximum atomic E-state index is 11.9. The molecule has 1 aromatic carbocycles. The van der Waals surface area contributed by atoms with Gasteiger partial charge in [0.2, 0.25) is 0 Å². The standard InChI is InChI=1S/C16H24N2O2/c1-4-20-15(19)11-7-5-8-12(14(11)17)18-13-9-6-10-16(13,2)3/h5,7-8,13,18H,4,6,9-10,17H2,1-3H3. The Balaban J connectivity index is 2.21. The van der Waals surface area contributed by atoms with Crippen molar-refractivity contribution < 1.29 is 9.53 Å². The molecule has 0 heterocycles. The van der Waals surface area contributed by atoms with Crippen molar-refractivity contribution in [3.63, 3.8) is 0 Å². The minimum absolute atomic E-state index is 0.256. The molecule has 0 bridgehead atoms. The predicted molar refractivity (Wildman–Crippen MR) is 81.9 cm³/mol. The predicted octanol–water partition coefficient (Wildman–Crippen LogP) is 3.44. The van der Waals surface area contributed by atoms with Gasteiger partial charge in [-0.05, 0) is 37.3 Å². The van der Waals surface area contributed by atoms with E-state index in [9.17, 15) is 4.79 Å². The fourth-order valence-electron chi connectivity index (χ4n) is 2.86. The van der Waals surface area contributed by atoms with Crippen LogP contribution in [-0.4, -0.2) is 18.6 Å². The van der Waals surface area contributed by atoms with E-state index in [0.29, 0.717) is 23.9 Å². The first-order valence-corrected chi connectivity index (χ1v) is 7.28. The molecule has 1 unspecified atom stereocenters. The lowest BCUT2D eigenvalue weighted by atomic mass is 9.87. The molecule has 1 aromatic rings. The first kappa shape index (κ1) is 14.7. The van der Waals surface area contributed by atoms with Crippen molar-refractivity contribution >= 4 is 17.3 Å². The summed E-state index contributed by atoms with van der Waals surface area (Å²) in [5, 5.41) is 3.50. The number of nitrogens with one attached hydrogen (secondary N) is 1. The van der Waals surface area contributed by atoms with Crippen molar-refractivity contribution in [2.75, 3.05) is 17.7 Å². The van der Waals surface area contributed by atoms with Crippen molar-refractivity contribution in [3.05, 3.63) is 23.8 Å². The molecule has 20 heavy (non-hydrogen) atoms. The Labute approximate surface area is 120 Å². The molecule has 0 aliphatic heterocycles. The lowest BCUT2D eigenvalue weighted by Crippen LogP contribution is -2.31. The van der Waals surface area contributed by atoms with E-state index in [4.69, 9.17) is 10.5 Å². The highest BCUT2D eigenvalue weighted by molar-refractivity contribution is 5.98. The topological polar surface area (TPSA) is 64.3 Å². The molecule has 0 radical (unpaired) electrons. The number of anilines is 2. The van der Waals surface area contributed by atoms with E-state index >= 15 is 0 Å². The van der Waals surface area contributed by atoms with E-state index in [-0.39, 0.29) is 11.4 Å². The third kappa shape index (κ3) is 2.89. The van der Waals surface area contributed by atoms with Crippen LogP contribution in [0.1, 0.15) is 50.4 Å². The fourth-order valence-corrected chi connectivity index (χ4v) is 2.86. The normalized spacial score (nSPS) is 20.6. The molecular weight excluding hydrogens is 252 g/mol. The van der Waals surface area contributed by atoms with Crippen LogP contribution in [0.2, 0.25) is 0 Å². The zero-order valence-corrected chi connectivity index (χ0v) is 12.5. The van der Waals surface area contributed by atoms with Crippen LogP contribution < -0.4 is 11.1 Å². The maximum Gasteiger partial charge on any atom is 0.340 e. The van der Waals surface area contributed by atoms with E-state index < -0.39 is 0 Å². The number of hydrogen-bond acceptors (Lipinski definition) is 4. The van der Waals surface area contributed by atoms with Gasteiger partial charge in [-0.15, -0.1) is 0 Å². The molecule has 1 fully saturated rings. The summed E-state index contributed by atoms with van der Waals surface area (Å²) in [6.07, 6.45) is 3.57. The molecule has 1 saturated carbocycles. The van der Waals surface area contributed by atoms with Crippen LogP contribution in [0.5, 0.6) is 0 Å². The summed E-state index contributed by atoms with van der Waals surface area (Å²) in [7, 11) is 0. The molecule has 1 atom stereocenters. The number of rotatable bonds is 4. The molecule has 110 valence electrons. The Bertz CT molecular complexity index is 497. The summed E-state index contributed by atoms with van der Waals surface area (Å²) >= 11 is 0. The van der Waals surface area contributed by atoms with E-state index in [1.165, 1.54) is 12.8 Å². The maximum absolute atomic E-state index is 11.9. The van der Waals surface area contributed by atoms with Gasteiger partial charge in [-0.25, -0.2) is 4.79 Å². The molecule has 3 N–H and O–H groups in total. The zero-order valence-electron chi connectivity index (χ0n) is 12.5.